The summed E-state index contributed by atoms with van der Waals surface area (Å²) in [4.78, 5) is 29.1. The highest BCUT2D eigenvalue weighted by Crippen LogP contribution is 2.33. The van der Waals surface area contributed by atoms with E-state index in [0.29, 0.717) is 16.6 Å². The summed E-state index contributed by atoms with van der Waals surface area (Å²) in [6.07, 6.45) is 1.65. The molecule has 1 aliphatic rings. The number of H-pyrrole nitrogens is 1. The van der Waals surface area contributed by atoms with Crippen LogP contribution in [0.2, 0.25) is 0 Å². The van der Waals surface area contributed by atoms with E-state index in [1.807, 2.05) is 67.6 Å². The number of carbonyl (C=O) groups excluding carboxylic acids is 2. The van der Waals surface area contributed by atoms with Gasteiger partial charge in [0.05, 0.1) is 23.5 Å². The van der Waals surface area contributed by atoms with Gasteiger partial charge in [0.2, 0.25) is 0 Å². The van der Waals surface area contributed by atoms with Crippen molar-refractivity contribution in [3.05, 3.63) is 95.1 Å². The lowest BCUT2D eigenvalue weighted by Gasteiger charge is -2.15. The number of hydrogen-bond acceptors (Lipinski definition) is 3. The summed E-state index contributed by atoms with van der Waals surface area (Å²) in [6, 6.07) is 22.8. The van der Waals surface area contributed by atoms with Crippen molar-refractivity contribution in [1.82, 2.24) is 15.7 Å². The molecule has 0 radical (unpaired) electrons. The third-order valence-corrected chi connectivity index (χ3v) is 5.51. The van der Waals surface area contributed by atoms with Crippen LogP contribution in [-0.2, 0) is 0 Å². The summed E-state index contributed by atoms with van der Waals surface area (Å²) in [5.74, 6) is -0.589. The zero-order valence-corrected chi connectivity index (χ0v) is 16.8. The predicted octanol–water partition coefficient (Wildman–Crippen LogP) is 4.40. The van der Waals surface area contributed by atoms with E-state index >= 15 is 0 Å². The van der Waals surface area contributed by atoms with E-state index in [1.54, 1.807) is 18.3 Å². The largest absolute Gasteiger partial charge is 0.354 e. The first-order valence-corrected chi connectivity index (χ1v) is 10.1. The second-order valence-electron chi connectivity index (χ2n) is 7.53. The molecule has 0 aliphatic carbocycles. The van der Waals surface area contributed by atoms with Gasteiger partial charge in [-0.3, -0.25) is 9.59 Å². The molecule has 0 saturated carbocycles. The fourth-order valence-corrected chi connectivity index (χ4v) is 3.95. The van der Waals surface area contributed by atoms with Crippen molar-refractivity contribution in [1.29, 1.82) is 0 Å². The molecule has 6 nitrogen and oxygen atoms in total. The van der Waals surface area contributed by atoms with Crippen LogP contribution in [-0.4, -0.2) is 23.0 Å². The Labute approximate surface area is 179 Å². The van der Waals surface area contributed by atoms with Gasteiger partial charge >= 0.3 is 0 Å². The topological polar surface area (TPSA) is 86.3 Å². The molecule has 0 unspecified atom stereocenters. The highest BCUT2D eigenvalue weighted by atomic mass is 16.2. The number of hydrazone groups is 1. The first-order valence-electron chi connectivity index (χ1n) is 10.1. The van der Waals surface area contributed by atoms with Gasteiger partial charge in [-0.2, -0.15) is 5.10 Å². The summed E-state index contributed by atoms with van der Waals surface area (Å²) in [5.41, 5.74) is 7.74. The molecule has 1 aliphatic heterocycles. The number of amides is 2. The maximum Gasteiger partial charge on any atom is 0.272 e. The Hall–Kier alpha value is -4.19. The molecule has 2 amide bonds. The van der Waals surface area contributed by atoms with Crippen molar-refractivity contribution in [2.75, 3.05) is 0 Å². The van der Waals surface area contributed by atoms with E-state index in [0.717, 1.165) is 27.8 Å². The van der Waals surface area contributed by atoms with Crippen molar-refractivity contribution in [2.24, 2.45) is 5.10 Å². The van der Waals surface area contributed by atoms with Crippen LogP contribution >= 0.6 is 0 Å². The molecule has 5 rings (SSSR count). The average molecular weight is 408 g/mol. The van der Waals surface area contributed by atoms with Crippen molar-refractivity contribution in [3.63, 3.8) is 0 Å². The van der Waals surface area contributed by atoms with Crippen molar-refractivity contribution >= 4 is 28.9 Å². The van der Waals surface area contributed by atoms with Gasteiger partial charge in [0.1, 0.15) is 0 Å². The van der Waals surface area contributed by atoms with Gasteiger partial charge in [-0.1, -0.05) is 60.7 Å². The van der Waals surface area contributed by atoms with Crippen LogP contribution in [0.5, 0.6) is 0 Å². The summed E-state index contributed by atoms with van der Waals surface area (Å²) >= 11 is 0. The Morgan fingerprint density at radius 1 is 1.00 bits per heavy atom. The SMILES string of the molecule is C[C@@H](NC(=O)c1cc2c3c(c(-c4ccccc4)[nH]c3c1)C=NNC2=O)c1ccccc1. The molecule has 0 saturated heterocycles. The lowest BCUT2D eigenvalue weighted by molar-refractivity contribution is 0.0940. The minimum absolute atomic E-state index is 0.167. The lowest BCUT2D eigenvalue weighted by Crippen LogP contribution is -2.27. The number of aromatic amines is 1. The molecular weight excluding hydrogens is 388 g/mol. The Bertz CT molecular complexity index is 1320. The molecule has 3 aromatic carbocycles. The van der Waals surface area contributed by atoms with E-state index in [9.17, 15) is 9.59 Å². The molecule has 152 valence electrons. The van der Waals surface area contributed by atoms with Gasteiger partial charge in [-0.05, 0) is 30.2 Å². The second kappa shape index (κ2) is 7.57. The zero-order chi connectivity index (χ0) is 21.4. The van der Waals surface area contributed by atoms with Gasteiger partial charge in [0.25, 0.3) is 11.8 Å². The molecule has 0 spiro atoms. The van der Waals surface area contributed by atoms with Crippen LogP contribution in [0, 0.1) is 0 Å². The number of hydrogen-bond donors (Lipinski definition) is 3. The van der Waals surface area contributed by atoms with Gasteiger partial charge in [-0.25, -0.2) is 5.43 Å². The molecule has 1 aromatic heterocycles. The van der Waals surface area contributed by atoms with Crippen LogP contribution in [0.1, 0.15) is 44.8 Å². The Kier molecular flexibility index (Phi) is 4.59. The fraction of sp³-hybridized carbons (Fsp3) is 0.0800. The Morgan fingerprint density at radius 2 is 1.71 bits per heavy atom. The fourth-order valence-electron chi connectivity index (χ4n) is 3.95. The monoisotopic (exact) mass is 408 g/mol. The molecule has 4 aromatic rings. The average Bonchev–Trinajstić information content (AvgIpc) is 3.09. The van der Waals surface area contributed by atoms with Crippen LogP contribution in [0.25, 0.3) is 22.2 Å². The Morgan fingerprint density at radius 3 is 2.45 bits per heavy atom. The third kappa shape index (κ3) is 3.38. The number of nitrogens with zero attached hydrogens (tertiary/aromatic N) is 1. The van der Waals surface area contributed by atoms with Crippen molar-refractivity contribution in [3.8, 4) is 11.3 Å². The smallest absolute Gasteiger partial charge is 0.272 e. The van der Waals surface area contributed by atoms with Gasteiger partial charge in [-0.15, -0.1) is 0 Å². The highest BCUT2D eigenvalue weighted by Gasteiger charge is 2.23. The van der Waals surface area contributed by atoms with Crippen LogP contribution in [0.3, 0.4) is 0 Å². The molecule has 3 N–H and O–H groups in total. The van der Waals surface area contributed by atoms with Crippen molar-refractivity contribution < 1.29 is 9.59 Å². The highest BCUT2D eigenvalue weighted by molar-refractivity contribution is 6.18. The molecule has 6 heteroatoms. The van der Waals surface area contributed by atoms with Crippen LogP contribution in [0.4, 0.5) is 0 Å². The van der Waals surface area contributed by atoms with Crippen molar-refractivity contribution in [2.45, 2.75) is 13.0 Å². The van der Waals surface area contributed by atoms with E-state index in [1.165, 1.54) is 0 Å². The molecule has 0 fully saturated rings. The molecular formula is C25H20N4O2. The molecule has 31 heavy (non-hydrogen) atoms. The molecule has 1 atom stereocenters. The van der Waals surface area contributed by atoms with Gasteiger partial charge in [0, 0.05) is 22.0 Å². The summed E-state index contributed by atoms with van der Waals surface area (Å²) in [5, 5.41) is 7.84. The molecule has 2 heterocycles. The van der Waals surface area contributed by atoms with Gasteiger partial charge < -0.3 is 10.3 Å². The number of aromatic nitrogens is 1. The maximum atomic E-state index is 13.0. The minimum Gasteiger partial charge on any atom is -0.354 e. The zero-order valence-electron chi connectivity index (χ0n) is 16.8. The van der Waals surface area contributed by atoms with Crippen LogP contribution in [0.15, 0.2) is 77.9 Å². The number of rotatable bonds is 4. The van der Waals surface area contributed by atoms with E-state index in [-0.39, 0.29) is 17.9 Å². The predicted molar refractivity (Wildman–Crippen MR) is 121 cm³/mol. The first-order chi connectivity index (χ1) is 15.1. The number of nitrogens with one attached hydrogen (secondary N) is 3. The minimum atomic E-state index is -0.343. The lowest BCUT2D eigenvalue weighted by atomic mass is 9.99. The molecule has 0 bridgehead atoms. The summed E-state index contributed by atoms with van der Waals surface area (Å²) in [6.45, 7) is 1.93. The Balaban J connectivity index is 1.59. The normalized spacial score (nSPS) is 13.5. The quantitative estimate of drug-likeness (QED) is 0.467. The van der Waals surface area contributed by atoms with E-state index in [2.05, 4.69) is 20.8 Å². The number of carbonyl (C=O) groups is 2. The van der Waals surface area contributed by atoms with E-state index in [4.69, 9.17) is 0 Å². The summed E-state index contributed by atoms with van der Waals surface area (Å²) in [7, 11) is 0. The van der Waals surface area contributed by atoms with Gasteiger partial charge in [0.15, 0.2) is 0 Å². The maximum absolute atomic E-state index is 13.0. The summed E-state index contributed by atoms with van der Waals surface area (Å²) < 4.78 is 0. The third-order valence-electron chi connectivity index (χ3n) is 5.51. The number of benzene rings is 3. The second-order valence-corrected chi connectivity index (χ2v) is 7.53. The first kappa shape index (κ1) is 18.8. The van der Waals surface area contributed by atoms with E-state index < -0.39 is 0 Å². The van der Waals surface area contributed by atoms with Crippen LogP contribution < -0.4 is 10.7 Å². The standard InChI is InChI=1S/C25H20N4O2/c1-15(16-8-4-2-5-9-16)27-24(30)18-12-19-22-20(14-26-29-25(19)31)23(28-21(22)13-18)17-10-6-3-7-11-17/h2-15,28H,1H3,(H,27,30)(H,29,31)/t15-/m1/s1.